The maximum absolute atomic E-state index is 12.6. The second-order valence-electron chi connectivity index (χ2n) is 12.5. The molecule has 3 aliphatic rings. The third-order valence-electron chi connectivity index (χ3n) is 9.70. The number of hydrogen-bond acceptors (Lipinski definition) is 6. The molecule has 42 heavy (non-hydrogen) atoms. The first-order chi connectivity index (χ1) is 19.9. The molecule has 0 unspecified atom stereocenters. The topological polar surface area (TPSA) is 139 Å². The summed E-state index contributed by atoms with van der Waals surface area (Å²) in [5.74, 6) is -0.303. The number of hydrogen-bond donors (Lipinski definition) is 3. The van der Waals surface area contributed by atoms with Crippen LogP contribution in [0.2, 0.25) is 5.02 Å². The standard InChI is InChI=1S/C31H40ClN3O6S/c1-19(20(2)42(33,39)40)12-29(36)34-15-23-5-6-24(23)16-35-17-31(11-3-4-21-13-25(32)8-9-26(21)31)18-41-28-10-7-22(30(37)38)14-27(28)35/h7-10,13-14,19-20,23-24H,3-6,11-12,15-18H2,1-2H3,(H,34,36)(H,37,38)(H2,33,39,40)/t19-,20-,23+,24+,31+/m1/s1. The highest BCUT2D eigenvalue weighted by atomic mass is 35.5. The van der Waals surface area contributed by atoms with Gasteiger partial charge in [0.1, 0.15) is 5.75 Å². The van der Waals surface area contributed by atoms with Crippen LogP contribution in [0.3, 0.4) is 0 Å². The summed E-state index contributed by atoms with van der Waals surface area (Å²) in [5.41, 5.74) is 3.23. The second-order valence-corrected chi connectivity index (χ2v) is 14.8. The number of rotatable bonds is 9. The molecule has 1 fully saturated rings. The van der Waals surface area contributed by atoms with E-state index in [0.29, 0.717) is 37.9 Å². The monoisotopic (exact) mass is 617 g/mol. The van der Waals surface area contributed by atoms with Crippen molar-refractivity contribution in [1.29, 1.82) is 0 Å². The number of primary sulfonamides is 1. The first kappa shape index (κ1) is 30.6. The van der Waals surface area contributed by atoms with E-state index in [1.807, 2.05) is 6.07 Å². The molecule has 2 aromatic carbocycles. The second kappa shape index (κ2) is 12.1. The van der Waals surface area contributed by atoms with Gasteiger partial charge in [-0.3, -0.25) is 4.79 Å². The lowest BCUT2D eigenvalue weighted by molar-refractivity contribution is -0.122. The molecule has 5 rings (SSSR count). The van der Waals surface area contributed by atoms with Crippen molar-refractivity contribution in [3.8, 4) is 5.75 Å². The van der Waals surface area contributed by atoms with Gasteiger partial charge in [0.25, 0.3) is 0 Å². The molecule has 1 heterocycles. The maximum Gasteiger partial charge on any atom is 0.335 e. The van der Waals surface area contributed by atoms with Crippen LogP contribution < -0.4 is 20.1 Å². The summed E-state index contributed by atoms with van der Waals surface area (Å²) in [4.78, 5) is 26.8. The molecule has 2 aromatic rings. The van der Waals surface area contributed by atoms with Crippen LogP contribution >= 0.6 is 11.6 Å². The van der Waals surface area contributed by atoms with Crippen molar-refractivity contribution in [3.05, 3.63) is 58.1 Å². The highest BCUT2D eigenvalue weighted by molar-refractivity contribution is 7.89. The Bertz CT molecular complexity index is 1470. The lowest BCUT2D eigenvalue weighted by Gasteiger charge is -2.44. The third-order valence-corrected chi connectivity index (χ3v) is 11.4. The molecule has 4 N–H and O–H groups in total. The number of benzene rings is 2. The first-order valence-corrected chi connectivity index (χ1v) is 16.7. The first-order valence-electron chi connectivity index (χ1n) is 14.7. The molecule has 0 radical (unpaired) electrons. The number of carboxylic acids is 1. The molecule has 228 valence electrons. The van der Waals surface area contributed by atoms with Gasteiger partial charge in [0.05, 0.1) is 23.1 Å². The van der Waals surface area contributed by atoms with Crippen molar-refractivity contribution in [1.82, 2.24) is 5.32 Å². The predicted molar refractivity (Wildman–Crippen MR) is 163 cm³/mol. The number of sulfonamides is 1. The quantitative estimate of drug-likeness (QED) is 0.380. The number of amides is 1. The number of aryl methyl sites for hydroxylation is 1. The van der Waals surface area contributed by atoms with Gasteiger partial charge in [-0.1, -0.05) is 24.6 Å². The SMILES string of the molecule is C[C@H](CC(=O)NC[C@@H]1CC[C@H]1CN1C[C@@]2(CCCc3cc(Cl)ccc32)COc2ccc(C(=O)O)cc21)[C@@H](C)S(N)(=O)=O. The summed E-state index contributed by atoms with van der Waals surface area (Å²) in [6, 6.07) is 11.2. The maximum atomic E-state index is 12.6. The molecule has 0 saturated heterocycles. The van der Waals surface area contributed by atoms with Crippen LogP contribution in [-0.2, 0) is 26.7 Å². The van der Waals surface area contributed by atoms with Crippen molar-refractivity contribution in [3.63, 3.8) is 0 Å². The molecule has 9 nitrogen and oxygen atoms in total. The molecule has 0 bridgehead atoms. The highest BCUT2D eigenvalue weighted by Gasteiger charge is 2.43. The van der Waals surface area contributed by atoms with Gasteiger partial charge in [-0.2, -0.15) is 0 Å². The van der Waals surface area contributed by atoms with E-state index in [4.69, 9.17) is 21.5 Å². The number of carbonyl (C=O) groups is 2. The molecule has 2 aliphatic carbocycles. The number of nitrogens with one attached hydrogen (secondary N) is 1. The van der Waals surface area contributed by atoms with E-state index >= 15 is 0 Å². The van der Waals surface area contributed by atoms with Crippen molar-refractivity contribution in [2.45, 2.75) is 63.0 Å². The third kappa shape index (κ3) is 6.40. The number of carbonyl (C=O) groups excluding carboxylic acids is 1. The Kier molecular flexibility index (Phi) is 8.79. The van der Waals surface area contributed by atoms with Gasteiger partial charge >= 0.3 is 5.97 Å². The van der Waals surface area contributed by atoms with Gasteiger partial charge in [0.15, 0.2) is 0 Å². The van der Waals surface area contributed by atoms with E-state index in [-0.39, 0.29) is 29.2 Å². The number of halogens is 1. The van der Waals surface area contributed by atoms with Gasteiger partial charge in [-0.25, -0.2) is 18.4 Å². The summed E-state index contributed by atoms with van der Waals surface area (Å²) >= 11 is 6.35. The summed E-state index contributed by atoms with van der Waals surface area (Å²) in [7, 11) is -3.71. The van der Waals surface area contributed by atoms with Gasteiger partial charge in [0.2, 0.25) is 15.9 Å². The fourth-order valence-corrected chi connectivity index (χ4v) is 7.72. The average molecular weight is 618 g/mol. The van der Waals surface area contributed by atoms with Gasteiger partial charge in [0, 0.05) is 36.5 Å². The van der Waals surface area contributed by atoms with E-state index in [2.05, 4.69) is 22.3 Å². The molecule has 1 spiro atoms. The predicted octanol–water partition coefficient (Wildman–Crippen LogP) is 4.36. The minimum atomic E-state index is -3.71. The Hall–Kier alpha value is -2.82. The van der Waals surface area contributed by atoms with Crippen LogP contribution in [0, 0.1) is 17.8 Å². The Morgan fingerprint density at radius 3 is 2.64 bits per heavy atom. The fourth-order valence-electron chi connectivity index (χ4n) is 6.78. The fraction of sp³-hybridized carbons (Fsp3) is 0.548. The van der Waals surface area contributed by atoms with E-state index in [9.17, 15) is 23.1 Å². The van der Waals surface area contributed by atoms with Crippen molar-refractivity contribution >= 4 is 39.2 Å². The van der Waals surface area contributed by atoms with E-state index in [1.54, 1.807) is 25.1 Å². The Morgan fingerprint density at radius 2 is 1.95 bits per heavy atom. The van der Waals surface area contributed by atoms with Crippen molar-refractivity contribution < 1.29 is 27.9 Å². The van der Waals surface area contributed by atoms with E-state index < -0.39 is 27.2 Å². The van der Waals surface area contributed by atoms with Crippen LogP contribution in [-0.4, -0.2) is 56.9 Å². The van der Waals surface area contributed by atoms with Gasteiger partial charge in [-0.15, -0.1) is 0 Å². The Labute approximate surface area is 252 Å². The zero-order valence-electron chi connectivity index (χ0n) is 24.1. The Morgan fingerprint density at radius 1 is 1.19 bits per heavy atom. The number of aromatic carboxylic acids is 1. The molecule has 5 atom stereocenters. The van der Waals surface area contributed by atoms with Crippen molar-refractivity contribution in [2.24, 2.45) is 22.9 Å². The zero-order chi connectivity index (χ0) is 30.2. The lowest BCUT2D eigenvalue weighted by atomic mass is 9.69. The zero-order valence-corrected chi connectivity index (χ0v) is 25.7. The number of nitrogens with two attached hydrogens (primary N) is 1. The van der Waals surface area contributed by atoms with Crippen LogP contribution in [0.5, 0.6) is 5.75 Å². The molecule has 1 aliphatic heterocycles. The Balaban J connectivity index is 1.34. The number of ether oxygens (including phenoxy) is 1. The summed E-state index contributed by atoms with van der Waals surface area (Å²) in [6.45, 7) is 5.66. The number of anilines is 1. The summed E-state index contributed by atoms with van der Waals surface area (Å²) in [6.07, 6.45) is 5.01. The van der Waals surface area contributed by atoms with Crippen LogP contribution in [0.15, 0.2) is 36.4 Å². The van der Waals surface area contributed by atoms with Crippen LogP contribution in [0.4, 0.5) is 5.69 Å². The number of nitrogens with zero attached hydrogens (tertiary/aromatic N) is 1. The lowest BCUT2D eigenvalue weighted by Crippen LogP contribution is -2.49. The molecular formula is C31H40ClN3O6S. The number of carboxylic acid groups (broad SMARTS) is 1. The molecule has 1 saturated carbocycles. The minimum absolute atomic E-state index is 0.0930. The summed E-state index contributed by atoms with van der Waals surface area (Å²) in [5, 5.41) is 17.9. The van der Waals surface area contributed by atoms with Crippen molar-refractivity contribution in [2.75, 3.05) is 31.1 Å². The van der Waals surface area contributed by atoms with E-state index in [1.165, 1.54) is 18.1 Å². The highest BCUT2D eigenvalue weighted by Crippen LogP contribution is 2.46. The van der Waals surface area contributed by atoms with Gasteiger partial charge < -0.3 is 20.1 Å². The minimum Gasteiger partial charge on any atom is -0.490 e. The smallest absolute Gasteiger partial charge is 0.335 e. The van der Waals surface area contributed by atoms with Crippen LogP contribution in [0.1, 0.15) is 67.4 Å². The average Bonchev–Trinajstić information content (AvgIpc) is 3.07. The molecule has 1 amide bonds. The van der Waals surface area contributed by atoms with E-state index in [0.717, 1.165) is 42.8 Å². The summed E-state index contributed by atoms with van der Waals surface area (Å²) < 4.78 is 29.8. The molecule has 0 aromatic heterocycles. The van der Waals surface area contributed by atoms with Crippen LogP contribution in [0.25, 0.3) is 0 Å². The van der Waals surface area contributed by atoms with Gasteiger partial charge in [-0.05, 0) is 98.2 Å². The largest absolute Gasteiger partial charge is 0.490 e. The number of fused-ring (bicyclic) bond motifs is 3. The molecule has 11 heteroatoms. The molecular weight excluding hydrogens is 578 g/mol. The normalized spacial score (nSPS) is 24.8.